The van der Waals surface area contributed by atoms with Crippen LogP contribution in [0.5, 0.6) is 0 Å². The average molecular weight is 273 g/mol. The number of nitrogens with zero attached hydrogens (tertiary/aromatic N) is 1. The highest BCUT2D eigenvalue weighted by Gasteiger charge is 2.20. The van der Waals surface area contributed by atoms with E-state index in [2.05, 4.69) is 17.1 Å². The maximum Gasteiger partial charge on any atom is 0.0424 e. The minimum Gasteiger partial charge on any atom is -0.314 e. The minimum absolute atomic E-state index is 0.424. The van der Waals surface area contributed by atoms with Crippen LogP contribution >= 0.6 is 23.2 Å². The van der Waals surface area contributed by atoms with Crippen LogP contribution in [-0.4, -0.2) is 31.1 Å². The van der Waals surface area contributed by atoms with Crippen molar-refractivity contribution in [2.45, 2.75) is 19.4 Å². The van der Waals surface area contributed by atoms with E-state index < -0.39 is 0 Å². The Bertz CT molecular complexity index is 355. The lowest BCUT2D eigenvalue weighted by Gasteiger charge is -2.34. The first-order valence-corrected chi connectivity index (χ1v) is 6.87. The fourth-order valence-corrected chi connectivity index (χ4v) is 3.01. The zero-order chi connectivity index (χ0) is 12.3. The van der Waals surface area contributed by atoms with E-state index in [9.17, 15) is 0 Å². The van der Waals surface area contributed by atoms with Gasteiger partial charge >= 0.3 is 0 Å². The molecule has 1 aliphatic rings. The van der Waals surface area contributed by atoms with Gasteiger partial charge in [-0.2, -0.15) is 0 Å². The monoisotopic (exact) mass is 272 g/mol. The van der Waals surface area contributed by atoms with Crippen molar-refractivity contribution in [3.63, 3.8) is 0 Å². The summed E-state index contributed by atoms with van der Waals surface area (Å²) in [4.78, 5) is 2.50. The van der Waals surface area contributed by atoms with E-state index in [0.29, 0.717) is 6.04 Å². The van der Waals surface area contributed by atoms with Gasteiger partial charge in [0.25, 0.3) is 0 Å². The summed E-state index contributed by atoms with van der Waals surface area (Å²) in [6, 6.07) is 6.28. The minimum atomic E-state index is 0.424. The molecule has 0 spiro atoms. The Labute approximate surface area is 113 Å². The van der Waals surface area contributed by atoms with Gasteiger partial charge in [-0.05, 0) is 30.2 Å². The normalized spacial score (nSPS) is 19.2. The fourth-order valence-electron chi connectivity index (χ4n) is 2.47. The SMILES string of the molecule is CCC(c1cc(Cl)cc(Cl)c1)N1CCNCC1. The first-order chi connectivity index (χ1) is 8.20. The third-order valence-electron chi connectivity index (χ3n) is 3.25. The largest absolute Gasteiger partial charge is 0.314 e. The molecule has 1 atom stereocenters. The van der Waals surface area contributed by atoms with Crippen molar-refractivity contribution in [2.75, 3.05) is 26.2 Å². The summed E-state index contributed by atoms with van der Waals surface area (Å²) < 4.78 is 0. The molecule has 1 heterocycles. The number of benzene rings is 1. The molecule has 17 heavy (non-hydrogen) atoms. The van der Waals surface area contributed by atoms with Gasteiger partial charge in [-0.25, -0.2) is 0 Å². The van der Waals surface area contributed by atoms with Gasteiger partial charge in [0.05, 0.1) is 0 Å². The quantitative estimate of drug-likeness (QED) is 0.908. The van der Waals surface area contributed by atoms with Crippen LogP contribution < -0.4 is 5.32 Å². The number of hydrogen-bond acceptors (Lipinski definition) is 2. The second-order valence-corrected chi connectivity index (χ2v) is 5.29. The van der Waals surface area contributed by atoms with Crippen LogP contribution in [0.25, 0.3) is 0 Å². The van der Waals surface area contributed by atoms with E-state index in [-0.39, 0.29) is 0 Å². The van der Waals surface area contributed by atoms with Crippen molar-refractivity contribution in [1.29, 1.82) is 0 Å². The van der Waals surface area contributed by atoms with Gasteiger partial charge in [-0.1, -0.05) is 30.1 Å². The Balaban J connectivity index is 2.21. The van der Waals surface area contributed by atoms with Crippen molar-refractivity contribution in [1.82, 2.24) is 10.2 Å². The Morgan fingerprint density at radius 1 is 1.18 bits per heavy atom. The maximum absolute atomic E-state index is 6.07. The predicted octanol–water partition coefficient (Wildman–Crippen LogP) is 3.35. The first kappa shape index (κ1) is 13.2. The van der Waals surface area contributed by atoms with Crippen molar-refractivity contribution in [3.8, 4) is 0 Å². The molecule has 4 heteroatoms. The summed E-state index contributed by atoms with van der Waals surface area (Å²) in [5.41, 5.74) is 1.23. The lowest BCUT2D eigenvalue weighted by atomic mass is 10.0. The zero-order valence-corrected chi connectivity index (χ0v) is 11.6. The number of piperazine rings is 1. The molecule has 2 rings (SSSR count). The van der Waals surface area contributed by atoms with Crippen LogP contribution in [0.3, 0.4) is 0 Å². The molecule has 0 aliphatic carbocycles. The molecule has 1 unspecified atom stereocenters. The molecular weight excluding hydrogens is 255 g/mol. The molecule has 1 fully saturated rings. The van der Waals surface area contributed by atoms with Crippen molar-refractivity contribution >= 4 is 23.2 Å². The van der Waals surface area contributed by atoms with Gasteiger partial charge < -0.3 is 5.32 Å². The smallest absolute Gasteiger partial charge is 0.0424 e. The van der Waals surface area contributed by atoms with Gasteiger partial charge in [0, 0.05) is 42.3 Å². The van der Waals surface area contributed by atoms with Gasteiger partial charge in [-0.15, -0.1) is 0 Å². The van der Waals surface area contributed by atoms with E-state index >= 15 is 0 Å². The molecular formula is C13H18Cl2N2. The Morgan fingerprint density at radius 2 is 1.76 bits per heavy atom. The Hall–Kier alpha value is -0.280. The zero-order valence-electron chi connectivity index (χ0n) is 10.0. The molecule has 1 aromatic carbocycles. The summed E-state index contributed by atoms with van der Waals surface area (Å²) in [7, 11) is 0. The summed E-state index contributed by atoms with van der Waals surface area (Å²) >= 11 is 12.1. The van der Waals surface area contributed by atoms with Gasteiger partial charge in [-0.3, -0.25) is 4.90 Å². The van der Waals surface area contributed by atoms with Gasteiger partial charge in [0.2, 0.25) is 0 Å². The number of nitrogens with one attached hydrogen (secondary N) is 1. The van der Waals surface area contributed by atoms with Crippen LogP contribution in [0.2, 0.25) is 10.0 Å². The third-order valence-corrected chi connectivity index (χ3v) is 3.69. The molecule has 0 amide bonds. The highest BCUT2D eigenvalue weighted by Crippen LogP contribution is 2.29. The summed E-state index contributed by atoms with van der Waals surface area (Å²) in [5.74, 6) is 0. The summed E-state index contributed by atoms with van der Waals surface area (Å²) in [5, 5.41) is 4.82. The molecule has 2 nitrogen and oxygen atoms in total. The molecule has 0 bridgehead atoms. The lowest BCUT2D eigenvalue weighted by Crippen LogP contribution is -2.45. The topological polar surface area (TPSA) is 15.3 Å². The maximum atomic E-state index is 6.07. The predicted molar refractivity (Wildman–Crippen MR) is 73.9 cm³/mol. The highest BCUT2D eigenvalue weighted by atomic mass is 35.5. The molecule has 1 saturated heterocycles. The Kier molecular flexibility index (Phi) is 4.69. The molecule has 1 aromatic rings. The van der Waals surface area contributed by atoms with E-state index in [4.69, 9.17) is 23.2 Å². The molecule has 0 radical (unpaired) electrons. The molecule has 0 saturated carbocycles. The summed E-state index contributed by atoms with van der Waals surface area (Å²) in [6.45, 7) is 6.50. The number of halogens is 2. The molecule has 1 aliphatic heterocycles. The van der Waals surface area contributed by atoms with E-state index in [0.717, 1.165) is 42.6 Å². The lowest BCUT2D eigenvalue weighted by molar-refractivity contribution is 0.169. The molecule has 1 N–H and O–H groups in total. The van der Waals surface area contributed by atoms with Crippen LogP contribution in [-0.2, 0) is 0 Å². The summed E-state index contributed by atoms with van der Waals surface area (Å²) in [6.07, 6.45) is 1.08. The fraction of sp³-hybridized carbons (Fsp3) is 0.538. The molecule has 0 aromatic heterocycles. The van der Waals surface area contributed by atoms with Gasteiger partial charge in [0.15, 0.2) is 0 Å². The number of rotatable bonds is 3. The third kappa shape index (κ3) is 3.35. The average Bonchev–Trinajstić information content (AvgIpc) is 2.30. The van der Waals surface area contributed by atoms with Crippen molar-refractivity contribution in [2.24, 2.45) is 0 Å². The van der Waals surface area contributed by atoms with E-state index in [1.165, 1.54) is 5.56 Å². The van der Waals surface area contributed by atoms with E-state index in [1.54, 1.807) is 6.07 Å². The van der Waals surface area contributed by atoms with Crippen molar-refractivity contribution < 1.29 is 0 Å². The highest BCUT2D eigenvalue weighted by molar-refractivity contribution is 6.34. The van der Waals surface area contributed by atoms with Crippen LogP contribution in [0.1, 0.15) is 24.9 Å². The second-order valence-electron chi connectivity index (χ2n) is 4.41. The second kappa shape index (κ2) is 6.05. The van der Waals surface area contributed by atoms with Crippen LogP contribution in [0, 0.1) is 0 Å². The van der Waals surface area contributed by atoms with E-state index in [1.807, 2.05) is 12.1 Å². The van der Waals surface area contributed by atoms with Crippen LogP contribution in [0.15, 0.2) is 18.2 Å². The molecule has 94 valence electrons. The standard InChI is InChI=1S/C13H18Cl2N2/c1-2-13(17-5-3-16-4-6-17)10-7-11(14)9-12(15)8-10/h7-9,13,16H,2-6H2,1H3. The van der Waals surface area contributed by atoms with Crippen molar-refractivity contribution in [3.05, 3.63) is 33.8 Å². The van der Waals surface area contributed by atoms with Crippen LogP contribution in [0.4, 0.5) is 0 Å². The number of hydrogen-bond donors (Lipinski definition) is 1. The van der Waals surface area contributed by atoms with Gasteiger partial charge in [0.1, 0.15) is 0 Å². The Morgan fingerprint density at radius 3 is 2.29 bits per heavy atom. The first-order valence-electron chi connectivity index (χ1n) is 6.11.